The minimum absolute atomic E-state index is 0.0110. The lowest BCUT2D eigenvalue weighted by molar-refractivity contribution is -0.134. The summed E-state index contributed by atoms with van der Waals surface area (Å²) >= 11 is 0. The maximum Gasteiger partial charge on any atom is 0.254 e. The molecule has 6 heteroatoms. The van der Waals surface area contributed by atoms with Crippen molar-refractivity contribution in [3.63, 3.8) is 0 Å². The molecular weight excluding hydrogens is 258 g/mol. The Hall–Kier alpha value is -1.69. The molecule has 1 atom stereocenters. The van der Waals surface area contributed by atoms with E-state index in [2.05, 4.69) is 9.97 Å². The number of rotatable bonds is 3. The Bertz CT molecular complexity index is 553. The molecule has 1 amide bonds. The molecule has 1 aromatic heterocycles. The summed E-state index contributed by atoms with van der Waals surface area (Å²) in [4.78, 5) is 32.5. The van der Waals surface area contributed by atoms with Crippen LogP contribution in [0.1, 0.15) is 36.3 Å². The SMILES string of the molecule is Cc1nc(C)c(CCC(=O)N2CCC[C@H](O)C2)c(=O)[nH]1. The van der Waals surface area contributed by atoms with Crippen LogP contribution in [0.3, 0.4) is 0 Å². The number of piperidine rings is 1. The van der Waals surface area contributed by atoms with Crippen LogP contribution in [-0.4, -0.2) is 45.1 Å². The Kier molecular flexibility index (Phi) is 4.54. The maximum absolute atomic E-state index is 12.1. The molecule has 2 N–H and O–H groups in total. The van der Waals surface area contributed by atoms with Crippen LogP contribution >= 0.6 is 0 Å². The van der Waals surface area contributed by atoms with Gasteiger partial charge >= 0.3 is 0 Å². The number of carbonyl (C=O) groups excluding carboxylic acids is 1. The van der Waals surface area contributed by atoms with E-state index >= 15 is 0 Å². The summed E-state index contributed by atoms with van der Waals surface area (Å²) in [5, 5.41) is 9.57. The number of hydrogen-bond acceptors (Lipinski definition) is 4. The second-order valence-electron chi connectivity index (χ2n) is 5.35. The first-order valence-electron chi connectivity index (χ1n) is 6.99. The van der Waals surface area contributed by atoms with Gasteiger partial charge in [-0.1, -0.05) is 0 Å². The zero-order chi connectivity index (χ0) is 14.7. The van der Waals surface area contributed by atoms with E-state index < -0.39 is 6.10 Å². The summed E-state index contributed by atoms with van der Waals surface area (Å²) in [7, 11) is 0. The van der Waals surface area contributed by atoms with Crippen molar-refractivity contribution >= 4 is 5.91 Å². The van der Waals surface area contributed by atoms with Crippen LogP contribution in [-0.2, 0) is 11.2 Å². The molecular formula is C14H21N3O3. The number of H-pyrrole nitrogens is 1. The first kappa shape index (κ1) is 14.7. The van der Waals surface area contributed by atoms with Crippen molar-refractivity contribution in [2.75, 3.05) is 13.1 Å². The molecule has 0 aromatic carbocycles. The van der Waals surface area contributed by atoms with Crippen LogP contribution in [0.5, 0.6) is 0 Å². The molecule has 2 rings (SSSR count). The third-order valence-corrected chi connectivity index (χ3v) is 3.68. The lowest BCUT2D eigenvalue weighted by Crippen LogP contribution is -2.42. The quantitative estimate of drug-likeness (QED) is 0.833. The highest BCUT2D eigenvalue weighted by Crippen LogP contribution is 2.12. The highest BCUT2D eigenvalue weighted by atomic mass is 16.3. The molecule has 2 heterocycles. The van der Waals surface area contributed by atoms with E-state index in [-0.39, 0.29) is 17.9 Å². The van der Waals surface area contributed by atoms with Crippen molar-refractivity contribution in [3.8, 4) is 0 Å². The number of nitrogens with one attached hydrogen (secondary N) is 1. The fourth-order valence-corrected chi connectivity index (χ4v) is 2.62. The van der Waals surface area contributed by atoms with Gasteiger partial charge in [0, 0.05) is 30.8 Å². The summed E-state index contributed by atoms with van der Waals surface area (Å²) in [6, 6.07) is 0. The Balaban J connectivity index is 1.98. The molecule has 20 heavy (non-hydrogen) atoms. The Morgan fingerprint density at radius 2 is 2.25 bits per heavy atom. The molecule has 0 saturated carbocycles. The van der Waals surface area contributed by atoms with Crippen LogP contribution in [0.4, 0.5) is 0 Å². The Morgan fingerprint density at radius 3 is 2.90 bits per heavy atom. The molecule has 1 aromatic rings. The second-order valence-corrected chi connectivity index (χ2v) is 5.35. The number of carbonyl (C=O) groups is 1. The van der Waals surface area contributed by atoms with Gasteiger partial charge in [0.2, 0.25) is 5.91 Å². The third-order valence-electron chi connectivity index (χ3n) is 3.68. The van der Waals surface area contributed by atoms with Gasteiger partial charge in [-0.2, -0.15) is 0 Å². The van der Waals surface area contributed by atoms with Gasteiger partial charge in [-0.15, -0.1) is 0 Å². The van der Waals surface area contributed by atoms with Gasteiger partial charge in [-0.05, 0) is 33.1 Å². The lowest BCUT2D eigenvalue weighted by atomic mass is 10.1. The number of amides is 1. The van der Waals surface area contributed by atoms with Crippen molar-refractivity contribution in [2.24, 2.45) is 0 Å². The van der Waals surface area contributed by atoms with Crippen LogP contribution in [0.15, 0.2) is 4.79 Å². The van der Waals surface area contributed by atoms with Crippen LogP contribution in [0.2, 0.25) is 0 Å². The van der Waals surface area contributed by atoms with Gasteiger partial charge < -0.3 is 15.0 Å². The molecule has 0 aliphatic carbocycles. The second kappa shape index (κ2) is 6.17. The molecule has 6 nitrogen and oxygen atoms in total. The zero-order valence-corrected chi connectivity index (χ0v) is 12.0. The zero-order valence-electron chi connectivity index (χ0n) is 12.0. The summed E-state index contributed by atoms with van der Waals surface area (Å²) in [6.45, 7) is 4.61. The van der Waals surface area contributed by atoms with E-state index in [9.17, 15) is 14.7 Å². The molecule has 1 aliphatic rings. The molecule has 0 bridgehead atoms. The van der Waals surface area contributed by atoms with Gasteiger partial charge in [0.05, 0.1) is 6.10 Å². The minimum atomic E-state index is -0.418. The average Bonchev–Trinajstić information content (AvgIpc) is 2.37. The van der Waals surface area contributed by atoms with Gasteiger partial charge in [-0.25, -0.2) is 4.98 Å². The van der Waals surface area contributed by atoms with E-state index in [1.54, 1.807) is 18.7 Å². The largest absolute Gasteiger partial charge is 0.391 e. The van der Waals surface area contributed by atoms with Crippen molar-refractivity contribution < 1.29 is 9.90 Å². The Labute approximate surface area is 117 Å². The predicted octanol–water partition coefficient (Wildman–Crippen LogP) is 0.303. The molecule has 0 radical (unpaired) electrons. The first-order valence-corrected chi connectivity index (χ1v) is 6.99. The van der Waals surface area contributed by atoms with E-state index in [1.807, 2.05) is 0 Å². The van der Waals surface area contributed by atoms with Crippen LogP contribution in [0.25, 0.3) is 0 Å². The lowest BCUT2D eigenvalue weighted by Gasteiger charge is -2.30. The fraction of sp³-hybridized carbons (Fsp3) is 0.643. The monoisotopic (exact) mass is 279 g/mol. The third kappa shape index (κ3) is 3.45. The highest BCUT2D eigenvalue weighted by Gasteiger charge is 2.22. The van der Waals surface area contributed by atoms with E-state index in [0.717, 1.165) is 12.8 Å². The van der Waals surface area contributed by atoms with Crippen molar-refractivity contribution in [1.29, 1.82) is 0 Å². The number of aliphatic hydroxyl groups is 1. The minimum Gasteiger partial charge on any atom is -0.391 e. The summed E-state index contributed by atoms with van der Waals surface area (Å²) < 4.78 is 0. The number of aromatic nitrogens is 2. The standard InChI is InChI=1S/C14H21N3O3/c1-9-12(14(20)16-10(2)15-9)5-6-13(19)17-7-3-4-11(18)8-17/h11,18H,3-8H2,1-2H3,(H,15,16,20)/t11-/m0/s1. The number of aryl methyl sites for hydroxylation is 2. The normalized spacial score (nSPS) is 19.1. The van der Waals surface area contributed by atoms with Crippen molar-refractivity contribution in [2.45, 2.75) is 45.6 Å². The summed E-state index contributed by atoms with van der Waals surface area (Å²) in [5.41, 5.74) is 1.08. The van der Waals surface area contributed by atoms with E-state index in [4.69, 9.17) is 0 Å². The van der Waals surface area contributed by atoms with Gasteiger partial charge in [0.15, 0.2) is 0 Å². The van der Waals surface area contributed by atoms with E-state index in [0.29, 0.717) is 36.6 Å². The number of nitrogens with zero attached hydrogens (tertiary/aromatic N) is 2. The maximum atomic E-state index is 12.1. The van der Waals surface area contributed by atoms with Gasteiger partial charge in [0.25, 0.3) is 5.56 Å². The van der Waals surface area contributed by atoms with E-state index in [1.165, 1.54) is 0 Å². The van der Waals surface area contributed by atoms with Crippen LogP contribution < -0.4 is 5.56 Å². The molecule has 1 saturated heterocycles. The summed E-state index contributed by atoms with van der Waals surface area (Å²) in [5.74, 6) is 0.574. The number of hydrogen-bond donors (Lipinski definition) is 2. The smallest absolute Gasteiger partial charge is 0.254 e. The molecule has 110 valence electrons. The van der Waals surface area contributed by atoms with Gasteiger partial charge in [0.1, 0.15) is 5.82 Å². The fourth-order valence-electron chi connectivity index (χ4n) is 2.62. The molecule has 0 spiro atoms. The first-order chi connectivity index (χ1) is 9.47. The number of likely N-dealkylation sites (tertiary alicyclic amines) is 1. The predicted molar refractivity (Wildman–Crippen MR) is 74.5 cm³/mol. The van der Waals surface area contributed by atoms with Crippen molar-refractivity contribution in [3.05, 3.63) is 27.4 Å². The highest BCUT2D eigenvalue weighted by molar-refractivity contribution is 5.76. The van der Waals surface area contributed by atoms with Crippen LogP contribution in [0, 0.1) is 13.8 Å². The molecule has 1 aliphatic heterocycles. The Morgan fingerprint density at radius 1 is 1.50 bits per heavy atom. The number of aliphatic hydroxyl groups excluding tert-OH is 1. The number of β-amino-alcohol motifs (C(OH)–C–C–N with tert-alkyl or cyclic N) is 1. The van der Waals surface area contributed by atoms with Crippen molar-refractivity contribution in [1.82, 2.24) is 14.9 Å². The topological polar surface area (TPSA) is 86.3 Å². The molecule has 0 unspecified atom stereocenters. The molecule has 1 fully saturated rings. The number of aromatic amines is 1. The average molecular weight is 279 g/mol. The van der Waals surface area contributed by atoms with Gasteiger partial charge in [-0.3, -0.25) is 9.59 Å². The summed E-state index contributed by atoms with van der Waals surface area (Å²) in [6.07, 6.45) is 1.84.